The van der Waals surface area contributed by atoms with Crippen LogP contribution in [0.2, 0.25) is 0 Å². The molecule has 0 aliphatic carbocycles. The van der Waals surface area contributed by atoms with Gasteiger partial charge >= 0.3 is 5.97 Å². The summed E-state index contributed by atoms with van der Waals surface area (Å²) in [5, 5.41) is 0. The fourth-order valence-electron chi connectivity index (χ4n) is 1.13. The Bertz CT molecular complexity index is 413. The van der Waals surface area contributed by atoms with Gasteiger partial charge < -0.3 is 10.5 Å². The second-order valence-corrected chi connectivity index (χ2v) is 3.16. The van der Waals surface area contributed by atoms with Gasteiger partial charge in [-0.25, -0.2) is 18.6 Å². The third-order valence-corrected chi connectivity index (χ3v) is 2.21. The molecule has 0 bridgehead atoms. The summed E-state index contributed by atoms with van der Waals surface area (Å²) in [5.41, 5.74) is 4.70. The monoisotopic (exact) mass is 250 g/mol. The fourth-order valence-corrected chi connectivity index (χ4v) is 1.34. The molecule has 1 aromatic heterocycles. The number of methoxy groups -OCH3 is 1. The standard InChI is InChI=1S/C9H9ClF2N2O2/c1-16-9(15)5-2-4(3-10)8(13)14-6(5)7(11)12/h2,7H,3H2,1H3,(H2,13,14). The van der Waals surface area contributed by atoms with E-state index in [1.807, 2.05) is 0 Å². The number of pyridine rings is 1. The van der Waals surface area contributed by atoms with E-state index in [0.717, 1.165) is 7.11 Å². The van der Waals surface area contributed by atoms with Crippen LogP contribution in [0.5, 0.6) is 0 Å². The van der Waals surface area contributed by atoms with Gasteiger partial charge in [-0.3, -0.25) is 0 Å². The number of hydrogen-bond donors (Lipinski definition) is 1. The van der Waals surface area contributed by atoms with Crippen molar-refractivity contribution >= 4 is 23.4 Å². The van der Waals surface area contributed by atoms with E-state index in [-0.39, 0.29) is 17.3 Å². The predicted octanol–water partition coefficient (Wildman–Crippen LogP) is 2.13. The molecule has 0 spiro atoms. The van der Waals surface area contributed by atoms with Crippen LogP contribution in [-0.2, 0) is 10.6 Å². The summed E-state index contributed by atoms with van der Waals surface area (Å²) >= 11 is 5.52. The van der Waals surface area contributed by atoms with E-state index in [0.29, 0.717) is 5.56 Å². The molecule has 0 aliphatic heterocycles. The number of halogens is 3. The normalized spacial score (nSPS) is 10.6. The number of anilines is 1. The first-order valence-corrected chi connectivity index (χ1v) is 4.76. The van der Waals surface area contributed by atoms with Crippen LogP contribution in [0.4, 0.5) is 14.6 Å². The number of carbonyl (C=O) groups is 1. The third kappa shape index (κ3) is 2.38. The Morgan fingerprint density at radius 2 is 2.31 bits per heavy atom. The molecule has 1 heterocycles. The van der Waals surface area contributed by atoms with Crippen molar-refractivity contribution in [1.29, 1.82) is 0 Å². The molecule has 4 nitrogen and oxygen atoms in total. The summed E-state index contributed by atoms with van der Waals surface area (Å²) in [6.07, 6.45) is -2.90. The second kappa shape index (κ2) is 5.07. The summed E-state index contributed by atoms with van der Waals surface area (Å²) in [7, 11) is 1.09. The van der Waals surface area contributed by atoms with Crippen molar-refractivity contribution in [3.05, 3.63) is 22.9 Å². The highest BCUT2D eigenvalue weighted by Crippen LogP contribution is 2.25. The number of rotatable bonds is 3. The molecule has 7 heteroatoms. The highest BCUT2D eigenvalue weighted by atomic mass is 35.5. The number of ether oxygens (including phenoxy) is 1. The minimum Gasteiger partial charge on any atom is -0.465 e. The van der Waals surface area contributed by atoms with Crippen molar-refractivity contribution in [3.8, 4) is 0 Å². The average Bonchev–Trinajstić information content (AvgIpc) is 2.27. The van der Waals surface area contributed by atoms with Crippen LogP contribution in [0.3, 0.4) is 0 Å². The highest BCUT2D eigenvalue weighted by molar-refractivity contribution is 6.17. The van der Waals surface area contributed by atoms with Gasteiger partial charge in [0, 0.05) is 5.56 Å². The number of nitrogens with two attached hydrogens (primary N) is 1. The topological polar surface area (TPSA) is 65.2 Å². The molecular weight excluding hydrogens is 242 g/mol. The van der Waals surface area contributed by atoms with E-state index < -0.39 is 18.1 Å². The van der Waals surface area contributed by atoms with Crippen molar-refractivity contribution in [2.24, 2.45) is 0 Å². The predicted molar refractivity (Wildman–Crippen MR) is 54.5 cm³/mol. The summed E-state index contributed by atoms with van der Waals surface area (Å²) in [6, 6.07) is 1.17. The lowest BCUT2D eigenvalue weighted by Crippen LogP contribution is -2.11. The van der Waals surface area contributed by atoms with Gasteiger partial charge in [0.1, 0.15) is 11.5 Å². The van der Waals surface area contributed by atoms with Gasteiger partial charge in [-0.15, -0.1) is 11.6 Å². The maximum Gasteiger partial charge on any atom is 0.339 e. The summed E-state index contributed by atoms with van der Waals surface area (Å²) in [4.78, 5) is 14.7. The lowest BCUT2D eigenvalue weighted by atomic mass is 10.1. The molecule has 0 fully saturated rings. The number of carbonyl (C=O) groups excluding carboxylic acids is 1. The largest absolute Gasteiger partial charge is 0.465 e. The van der Waals surface area contributed by atoms with Crippen molar-refractivity contribution in [2.45, 2.75) is 12.3 Å². The first kappa shape index (κ1) is 12.6. The Morgan fingerprint density at radius 1 is 1.69 bits per heavy atom. The number of esters is 1. The molecule has 0 atom stereocenters. The molecule has 0 aromatic carbocycles. The van der Waals surface area contributed by atoms with Gasteiger partial charge in [-0.2, -0.15) is 0 Å². The van der Waals surface area contributed by atoms with Gasteiger partial charge in [-0.05, 0) is 6.07 Å². The first-order chi connectivity index (χ1) is 7.51. The smallest absolute Gasteiger partial charge is 0.339 e. The van der Waals surface area contributed by atoms with Crippen molar-refractivity contribution in [1.82, 2.24) is 4.98 Å². The first-order valence-electron chi connectivity index (χ1n) is 4.23. The number of aromatic nitrogens is 1. The van der Waals surface area contributed by atoms with Gasteiger partial charge in [0.2, 0.25) is 0 Å². The average molecular weight is 251 g/mol. The van der Waals surface area contributed by atoms with Crippen LogP contribution in [0.1, 0.15) is 28.0 Å². The van der Waals surface area contributed by atoms with Crippen LogP contribution < -0.4 is 5.73 Å². The van der Waals surface area contributed by atoms with E-state index in [9.17, 15) is 13.6 Å². The van der Waals surface area contributed by atoms with E-state index in [1.54, 1.807) is 0 Å². The minimum atomic E-state index is -2.90. The number of nitrogens with zero attached hydrogens (tertiary/aromatic N) is 1. The summed E-state index contributed by atoms with van der Waals surface area (Å²) in [5.74, 6) is -1.03. The minimum absolute atomic E-state index is 0.0215. The van der Waals surface area contributed by atoms with Gasteiger partial charge in [0.15, 0.2) is 0 Å². The molecule has 2 N–H and O–H groups in total. The maximum atomic E-state index is 12.6. The molecule has 0 amide bonds. The second-order valence-electron chi connectivity index (χ2n) is 2.89. The van der Waals surface area contributed by atoms with Crippen LogP contribution in [0.15, 0.2) is 6.07 Å². The molecule has 0 aliphatic rings. The zero-order chi connectivity index (χ0) is 12.3. The maximum absolute atomic E-state index is 12.6. The van der Waals surface area contributed by atoms with Gasteiger partial charge in [-0.1, -0.05) is 0 Å². The Labute approximate surface area is 95.4 Å². The van der Waals surface area contributed by atoms with Crippen molar-refractivity contribution in [2.75, 3.05) is 12.8 Å². The van der Waals surface area contributed by atoms with Crippen LogP contribution in [0, 0.1) is 0 Å². The van der Waals surface area contributed by atoms with E-state index in [2.05, 4.69) is 9.72 Å². The van der Waals surface area contributed by atoms with Crippen LogP contribution in [-0.4, -0.2) is 18.1 Å². The van der Waals surface area contributed by atoms with Gasteiger partial charge in [0.05, 0.1) is 18.6 Å². The number of nitrogen functional groups attached to an aromatic ring is 1. The lowest BCUT2D eigenvalue weighted by molar-refractivity contribution is 0.0587. The van der Waals surface area contributed by atoms with E-state index in [1.165, 1.54) is 6.07 Å². The van der Waals surface area contributed by atoms with Crippen molar-refractivity contribution in [3.63, 3.8) is 0 Å². The highest BCUT2D eigenvalue weighted by Gasteiger charge is 2.22. The molecule has 0 radical (unpaired) electrons. The molecule has 88 valence electrons. The Hall–Kier alpha value is -1.43. The van der Waals surface area contributed by atoms with E-state index >= 15 is 0 Å². The summed E-state index contributed by atoms with van der Waals surface area (Å²) < 4.78 is 29.5. The SMILES string of the molecule is COC(=O)c1cc(CCl)c(N)nc1C(F)F. The molecule has 1 aromatic rings. The molecule has 0 unspecified atom stereocenters. The summed E-state index contributed by atoms with van der Waals surface area (Å²) in [6.45, 7) is 0. The molecule has 1 rings (SSSR count). The lowest BCUT2D eigenvalue weighted by Gasteiger charge is -2.09. The molecule has 0 saturated heterocycles. The van der Waals surface area contributed by atoms with Crippen LogP contribution in [0.25, 0.3) is 0 Å². The number of alkyl halides is 3. The van der Waals surface area contributed by atoms with Crippen molar-refractivity contribution < 1.29 is 18.3 Å². The Balaban J connectivity index is 3.36. The Kier molecular flexibility index (Phi) is 4.00. The zero-order valence-corrected chi connectivity index (χ0v) is 9.09. The third-order valence-electron chi connectivity index (χ3n) is 1.92. The van der Waals surface area contributed by atoms with Crippen LogP contribution >= 0.6 is 11.6 Å². The van der Waals surface area contributed by atoms with E-state index in [4.69, 9.17) is 17.3 Å². The molecule has 0 saturated carbocycles. The number of hydrogen-bond acceptors (Lipinski definition) is 4. The quantitative estimate of drug-likeness (QED) is 0.659. The molecular formula is C9H9ClF2N2O2. The Morgan fingerprint density at radius 3 is 2.75 bits per heavy atom. The fraction of sp³-hybridized carbons (Fsp3) is 0.333. The van der Waals surface area contributed by atoms with Gasteiger partial charge in [0.25, 0.3) is 6.43 Å². The zero-order valence-electron chi connectivity index (χ0n) is 8.34. The molecule has 16 heavy (non-hydrogen) atoms.